The maximum atomic E-state index is 6.67. The van der Waals surface area contributed by atoms with Crippen molar-refractivity contribution >= 4 is 180 Å². The Morgan fingerprint density at radius 3 is 1.03 bits per heavy atom. The molecule has 27 nitrogen and oxygen atoms in total. The van der Waals surface area contributed by atoms with Crippen molar-refractivity contribution in [1.82, 2.24) is 89.7 Å². The van der Waals surface area contributed by atoms with Crippen LogP contribution in [0.2, 0.25) is 43.6 Å². The third-order valence-electron chi connectivity index (χ3n) is 24.0. The van der Waals surface area contributed by atoms with Crippen LogP contribution in [0.25, 0.3) is 56.3 Å². The summed E-state index contributed by atoms with van der Waals surface area (Å²) in [6, 6.07) is 29.0. The fourth-order valence-corrected chi connectivity index (χ4v) is 36.8. The van der Waals surface area contributed by atoms with E-state index in [1.54, 1.807) is 117 Å². The molecule has 720 valence electrons. The van der Waals surface area contributed by atoms with Crippen LogP contribution in [0.1, 0.15) is 113 Å². The van der Waals surface area contributed by atoms with Crippen LogP contribution in [0, 0.1) is 10.8 Å². The summed E-state index contributed by atoms with van der Waals surface area (Å²) < 4.78 is 17.6. The van der Waals surface area contributed by atoms with Gasteiger partial charge in [-0.05, 0) is 69.9 Å². The number of rotatable bonds is 23. The van der Waals surface area contributed by atoms with Crippen LogP contribution in [0.4, 0.5) is 29.1 Å². The second-order valence-electron chi connectivity index (χ2n) is 34.4. The number of ether oxygens (including phenoxy) is 2. The largest absolute Gasteiger partial charge is 0.381 e. The number of thioether (sulfide) groups is 1. The summed E-state index contributed by atoms with van der Waals surface area (Å²) in [5.41, 5.74) is 39.3. The monoisotopic (exact) mass is 2170 g/mol. The molecule has 4 aliphatic heterocycles. The molecule has 14 aromatic rings. The van der Waals surface area contributed by atoms with Crippen molar-refractivity contribution in [3.8, 4) is 56.3 Å². The molecule has 0 aliphatic carbocycles. The summed E-state index contributed by atoms with van der Waals surface area (Å²) in [6.07, 6.45) is 46.5. The predicted molar refractivity (Wildman–Crippen MR) is 568 cm³/mol. The summed E-state index contributed by atoms with van der Waals surface area (Å²) >= 11 is 46.0. The van der Waals surface area contributed by atoms with Crippen LogP contribution < -0.4 is 42.2 Å². The van der Waals surface area contributed by atoms with Crippen LogP contribution in [0.15, 0.2) is 261 Å². The van der Waals surface area contributed by atoms with E-state index < -0.39 is 18.4 Å². The van der Waals surface area contributed by atoms with Crippen molar-refractivity contribution in [3.05, 3.63) is 251 Å². The van der Waals surface area contributed by atoms with E-state index in [9.17, 15) is 0 Å². The zero-order valence-corrected chi connectivity index (χ0v) is 89.4. The molecule has 13 heterocycles. The van der Waals surface area contributed by atoms with Gasteiger partial charge in [-0.2, -0.15) is 0 Å². The normalized spacial score (nSPS) is 16.3. The van der Waals surface area contributed by atoms with E-state index in [1.165, 1.54) is 90.6 Å². The van der Waals surface area contributed by atoms with Gasteiger partial charge in [-0.3, -0.25) is 49.8 Å². The summed E-state index contributed by atoms with van der Waals surface area (Å²) in [4.78, 5) is 86.2. The minimum Gasteiger partial charge on any atom is -0.381 e. The van der Waals surface area contributed by atoms with E-state index in [0.29, 0.717) is 63.9 Å². The minimum atomic E-state index is -2.24. The summed E-state index contributed by atoms with van der Waals surface area (Å²) in [5.74, 6) is 2.60. The van der Waals surface area contributed by atoms with Crippen LogP contribution >= 0.6 is 129 Å². The maximum Gasteiger partial charge on any atom is 0.158 e. The van der Waals surface area contributed by atoms with Crippen LogP contribution in [-0.4, -0.2) is 177 Å². The summed E-state index contributed by atoms with van der Waals surface area (Å²) in [7, 11) is 0. The molecule has 18 rings (SSSR count). The summed E-state index contributed by atoms with van der Waals surface area (Å²) in [5, 5.41) is 5.11. The number of aromatic nitrogens is 18. The quantitative estimate of drug-likeness (QED) is 0.0197. The van der Waals surface area contributed by atoms with Gasteiger partial charge in [-0.1, -0.05) is 186 Å². The smallest absolute Gasteiger partial charge is 0.158 e. The number of anilines is 5. The van der Waals surface area contributed by atoms with Crippen LogP contribution in [-0.2, 0) is 9.47 Å². The number of hydrogen-bond donors (Lipinski definition) is 6. The van der Waals surface area contributed by atoms with Gasteiger partial charge in [0.1, 0.15) is 31.9 Å². The minimum absolute atomic E-state index is 0.0651. The van der Waals surface area contributed by atoms with E-state index in [4.69, 9.17) is 113 Å². The topological polar surface area (TPSA) is 387 Å². The number of nitrogens with two attached hydrogens (primary N) is 5. The van der Waals surface area contributed by atoms with E-state index in [1.807, 2.05) is 103 Å². The molecule has 0 radical (unpaired) electrons. The van der Waals surface area contributed by atoms with E-state index in [-0.39, 0.29) is 50.8 Å². The van der Waals surface area contributed by atoms with Gasteiger partial charge in [-0.25, -0.2) is 29.9 Å². The molecule has 4 fully saturated rings. The molecule has 4 aliphatic rings. The zero-order valence-electron chi connectivity index (χ0n) is 77.8. The first-order valence-corrected chi connectivity index (χ1v) is 58.8. The first-order chi connectivity index (χ1) is 66.6. The van der Waals surface area contributed by atoms with Gasteiger partial charge < -0.3 is 47.9 Å². The number of unbranched alkanes of at least 4 members (excludes halogenated alkanes) is 2. The first kappa shape index (κ1) is 106. The average molecular weight is 2170 g/mol. The molecule has 138 heavy (non-hydrogen) atoms. The Balaban J connectivity index is 0.000000144. The number of hydrogen-bond acceptors (Lipinski definition) is 32. The SMILES string of the molecule is CC(C)(C)Sc1cccc(-c2cnccn2)c1Cl.CCC[CH2][Sn]([CH2]CC)([CH2]CCC)[c]1cnccn1.C[C@@H]1OCC2(CCN(c3cnc(Sc4cccc(-c5cnccn5)c4Cl)c(N)n3)CC2)[C@@H]1N.C[C@@H]1OCC2(CCN(c3cnc(Sc4cccc(-c5cnccn5)c4Cl)c(N)n3)CC2)[C@@H]1N.Nc1nc(Cl)cnc1Sc1cccc(-c2cnccn2)c1Cl.Sc1cccc(-c2cnccn2)c1Cl. The molecular formula is C99H111Cl6N25O2S5Sn. The molecule has 39 heteroatoms. The van der Waals surface area contributed by atoms with Crippen LogP contribution in [0.5, 0.6) is 0 Å². The molecule has 5 aromatic carbocycles. The van der Waals surface area contributed by atoms with Gasteiger partial charge in [0, 0.05) is 168 Å². The Labute approximate surface area is 863 Å². The third kappa shape index (κ3) is 27.8. The second kappa shape index (κ2) is 51.1. The second-order valence-corrected chi connectivity index (χ2v) is 55.2. The fourth-order valence-electron chi connectivity index (χ4n) is 16.5. The standard InChI is InChI=1S/2C23H26ClN7OS.C14H9Cl2N5S.C14H15ClN2S.C10H7ClN2S.C4H3N2.2C4H9.C3H7.Sn/c2*1-14-20(25)23(13-32-14)5-9-31(10-6-23)18-12-29-22(21(26)30-18)33-17-4-2-3-15(19(17)24)16-11-27-7-8-28-16;15-11-7-20-14(13(17)21-11)22-10-3-1-2-8(12(10)16)9-6-18-4-5-19-9;1-14(2,3)18-12-6-4-5-10(13(12)15)11-9-16-7-8-17-11;11-10-7(2-1-3-9(10)14)8-6-12-4-5-13-8;1-2-6-4-3-5-1;2*1-3-4-2;1-3-2;/h2*2-4,7-8,11-12,14,20H,5-6,9-10,13,25H2,1H3,(H2,26,30);1-7H,(H2,17,21);4-9H,1-3H3;1-6,14H;1-3H;2*1,3-4H2,2H3;1,3H2,2H3;/t2*14-,20+;;;;;;;;/m00......../s1. The molecule has 0 amide bonds. The van der Waals surface area contributed by atoms with Crippen molar-refractivity contribution in [2.24, 2.45) is 22.3 Å². The van der Waals surface area contributed by atoms with Gasteiger partial charge in [0.05, 0.1) is 129 Å². The summed E-state index contributed by atoms with van der Waals surface area (Å²) in [6.45, 7) is 22.5. The van der Waals surface area contributed by atoms with Crippen molar-refractivity contribution in [1.29, 1.82) is 0 Å². The molecule has 2 spiro atoms. The number of nitrogens with zero attached hydrogens (tertiary/aromatic N) is 20. The third-order valence-corrected chi connectivity index (χ3v) is 47.0. The first-order valence-electron chi connectivity index (χ1n) is 45.3. The number of thiol groups is 1. The van der Waals surface area contributed by atoms with E-state index in [0.717, 1.165) is 145 Å². The van der Waals surface area contributed by atoms with Crippen molar-refractivity contribution in [3.63, 3.8) is 0 Å². The molecule has 4 saturated heterocycles. The Morgan fingerprint density at radius 1 is 0.399 bits per heavy atom. The van der Waals surface area contributed by atoms with Gasteiger partial charge in [0.15, 0.2) is 17.5 Å². The average Bonchev–Trinajstić information content (AvgIpc) is 1.63. The molecule has 9 aromatic heterocycles. The molecule has 10 N–H and O–H groups in total. The van der Waals surface area contributed by atoms with Gasteiger partial charge in [0.25, 0.3) is 0 Å². The maximum absolute atomic E-state index is 6.67. The molecule has 0 unspecified atom stereocenters. The number of benzene rings is 5. The van der Waals surface area contributed by atoms with Gasteiger partial charge >= 0.3 is 117 Å². The predicted octanol–water partition coefficient (Wildman–Crippen LogP) is 23.2. The fraction of sp³-hybridized carbons (Fsp3) is 0.333. The van der Waals surface area contributed by atoms with E-state index >= 15 is 0 Å². The van der Waals surface area contributed by atoms with Gasteiger partial charge in [0.2, 0.25) is 0 Å². The Bertz CT molecular complexity index is 6090. The van der Waals surface area contributed by atoms with Gasteiger partial charge in [-0.15, -0.1) is 24.4 Å². The zero-order chi connectivity index (χ0) is 97.9. The van der Waals surface area contributed by atoms with Crippen LogP contribution in [0.3, 0.4) is 0 Å². The Morgan fingerprint density at radius 2 is 0.725 bits per heavy atom. The molecule has 0 bridgehead atoms. The molecule has 4 atom stereocenters. The van der Waals surface area contributed by atoms with Crippen molar-refractivity contribution in [2.45, 2.75) is 195 Å². The molecular weight excluding hydrogens is 2060 g/mol. The number of halogens is 6. The van der Waals surface area contributed by atoms with Crippen molar-refractivity contribution < 1.29 is 9.47 Å². The Hall–Kier alpha value is -9.05. The molecule has 0 saturated carbocycles. The van der Waals surface area contributed by atoms with E-state index in [2.05, 4.69) is 169 Å². The van der Waals surface area contributed by atoms with Crippen molar-refractivity contribution in [2.75, 3.05) is 66.4 Å². The Kier molecular flexibility index (Phi) is 39.3. The number of piperidine rings is 2. The number of nitrogen functional groups attached to an aromatic ring is 3.